The first kappa shape index (κ1) is 22.7. The quantitative estimate of drug-likeness (QED) is 0.538. The van der Waals surface area contributed by atoms with Crippen LogP contribution in [0.25, 0.3) is 0 Å². The van der Waals surface area contributed by atoms with Gasteiger partial charge in [0, 0.05) is 26.4 Å². The van der Waals surface area contributed by atoms with E-state index >= 15 is 0 Å². The fraction of sp³-hybridized carbons (Fsp3) is 0.364. The third-order valence-corrected chi connectivity index (χ3v) is 6.06. The van der Waals surface area contributed by atoms with E-state index in [2.05, 4.69) is 20.5 Å². The SMILES string of the molecule is Cc1nnc(C(=O)N2CCC3(C2)OCCn2c3nc(C(=O)NCc3ccc(F)cc3)c(O)c2=O)o1. The van der Waals surface area contributed by atoms with Crippen molar-refractivity contribution in [3.8, 4) is 5.75 Å². The highest BCUT2D eigenvalue weighted by Gasteiger charge is 2.49. The summed E-state index contributed by atoms with van der Waals surface area (Å²) in [6, 6.07) is 5.52. The number of likely N-dealkylation sites (tertiary alicyclic amines) is 1. The summed E-state index contributed by atoms with van der Waals surface area (Å²) >= 11 is 0. The lowest BCUT2D eigenvalue weighted by molar-refractivity contribution is -0.0741. The van der Waals surface area contributed by atoms with Crippen LogP contribution in [0.15, 0.2) is 33.5 Å². The summed E-state index contributed by atoms with van der Waals surface area (Å²) in [6.45, 7) is 2.20. The molecule has 1 aromatic carbocycles. The Morgan fingerprint density at radius 3 is 2.71 bits per heavy atom. The van der Waals surface area contributed by atoms with Gasteiger partial charge in [0.15, 0.2) is 5.69 Å². The van der Waals surface area contributed by atoms with E-state index in [1.807, 2.05) is 0 Å². The molecule has 0 saturated carbocycles. The molecule has 13 heteroatoms. The van der Waals surface area contributed by atoms with E-state index in [0.29, 0.717) is 12.0 Å². The van der Waals surface area contributed by atoms with Gasteiger partial charge < -0.3 is 24.5 Å². The van der Waals surface area contributed by atoms with Crippen molar-refractivity contribution in [2.45, 2.75) is 32.0 Å². The van der Waals surface area contributed by atoms with Gasteiger partial charge in [0.1, 0.15) is 17.2 Å². The van der Waals surface area contributed by atoms with Crippen molar-refractivity contribution in [1.29, 1.82) is 0 Å². The van der Waals surface area contributed by atoms with E-state index in [4.69, 9.17) is 9.15 Å². The van der Waals surface area contributed by atoms with Crippen LogP contribution < -0.4 is 10.9 Å². The van der Waals surface area contributed by atoms with Crippen molar-refractivity contribution in [3.63, 3.8) is 0 Å². The fourth-order valence-electron chi connectivity index (χ4n) is 4.30. The summed E-state index contributed by atoms with van der Waals surface area (Å²) < 4.78 is 25.6. The molecule has 1 spiro atoms. The molecule has 1 fully saturated rings. The van der Waals surface area contributed by atoms with Crippen LogP contribution in [-0.4, -0.2) is 61.3 Å². The van der Waals surface area contributed by atoms with Crippen LogP contribution >= 0.6 is 0 Å². The normalized spacial score (nSPS) is 19.1. The van der Waals surface area contributed by atoms with Crippen molar-refractivity contribution < 1.29 is 28.2 Å². The number of aromatic nitrogens is 4. The lowest BCUT2D eigenvalue weighted by Gasteiger charge is -2.35. The zero-order chi connectivity index (χ0) is 24.7. The summed E-state index contributed by atoms with van der Waals surface area (Å²) in [7, 11) is 0. The number of fused-ring (bicyclic) bond motifs is 2. The van der Waals surface area contributed by atoms with Crippen molar-refractivity contribution in [1.82, 2.24) is 30.0 Å². The molecule has 0 radical (unpaired) electrons. The summed E-state index contributed by atoms with van der Waals surface area (Å²) in [5.41, 5.74) is -1.76. The molecular weight excluding hydrogens is 463 g/mol. The number of amides is 2. The number of carbonyl (C=O) groups excluding carboxylic acids is 2. The minimum absolute atomic E-state index is 0.0339. The lowest BCUT2D eigenvalue weighted by Crippen LogP contribution is -2.47. The van der Waals surface area contributed by atoms with E-state index in [-0.39, 0.29) is 50.4 Å². The minimum Gasteiger partial charge on any atom is -0.501 e. The Hall–Kier alpha value is -4.13. The monoisotopic (exact) mass is 484 g/mol. The number of hydrogen-bond donors (Lipinski definition) is 2. The number of halogens is 1. The maximum absolute atomic E-state index is 13.1. The van der Waals surface area contributed by atoms with Crippen LogP contribution in [0.1, 0.15) is 44.9 Å². The van der Waals surface area contributed by atoms with Gasteiger partial charge in [-0.05, 0) is 17.7 Å². The number of ether oxygens (including phenoxy) is 1. The second kappa shape index (κ2) is 8.58. The van der Waals surface area contributed by atoms with E-state index in [0.717, 1.165) is 0 Å². The molecule has 182 valence electrons. The predicted octanol–water partition coefficient (Wildman–Crippen LogP) is 0.481. The smallest absolute Gasteiger partial charge is 0.311 e. The Morgan fingerprint density at radius 2 is 2.00 bits per heavy atom. The van der Waals surface area contributed by atoms with Gasteiger partial charge in [-0.25, -0.2) is 9.37 Å². The van der Waals surface area contributed by atoms with Gasteiger partial charge in [-0.15, -0.1) is 10.2 Å². The molecule has 0 aliphatic carbocycles. The van der Waals surface area contributed by atoms with Crippen LogP contribution in [0.4, 0.5) is 4.39 Å². The van der Waals surface area contributed by atoms with Gasteiger partial charge in [0.25, 0.3) is 11.5 Å². The molecule has 35 heavy (non-hydrogen) atoms. The largest absolute Gasteiger partial charge is 0.501 e. The first-order valence-electron chi connectivity index (χ1n) is 10.9. The van der Waals surface area contributed by atoms with Crippen LogP contribution in [0, 0.1) is 12.7 Å². The third-order valence-electron chi connectivity index (χ3n) is 6.06. The average Bonchev–Trinajstić information content (AvgIpc) is 3.48. The highest BCUT2D eigenvalue weighted by atomic mass is 19.1. The van der Waals surface area contributed by atoms with E-state index in [1.54, 1.807) is 6.92 Å². The van der Waals surface area contributed by atoms with Gasteiger partial charge in [-0.1, -0.05) is 12.1 Å². The number of aromatic hydroxyl groups is 1. The average molecular weight is 484 g/mol. The zero-order valence-electron chi connectivity index (χ0n) is 18.7. The van der Waals surface area contributed by atoms with Gasteiger partial charge >= 0.3 is 11.8 Å². The van der Waals surface area contributed by atoms with Crippen molar-refractivity contribution in [3.05, 3.63) is 69.3 Å². The van der Waals surface area contributed by atoms with E-state index in [1.165, 1.54) is 33.7 Å². The second-order valence-electron chi connectivity index (χ2n) is 8.34. The predicted molar refractivity (Wildman–Crippen MR) is 115 cm³/mol. The topological polar surface area (TPSA) is 153 Å². The molecule has 1 unspecified atom stereocenters. The molecule has 1 saturated heterocycles. The minimum atomic E-state index is -1.15. The number of hydrogen-bond acceptors (Lipinski definition) is 9. The van der Waals surface area contributed by atoms with Crippen LogP contribution in [0.2, 0.25) is 0 Å². The van der Waals surface area contributed by atoms with Crippen LogP contribution in [0.3, 0.4) is 0 Å². The molecule has 2 amide bonds. The molecule has 2 N–H and O–H groups in total. The molecule has 0 bridgehead atoms. The van der Waals surface area contributed by atoms with Gasteiger partial charge in [0.2, 0.25) is 11.6 Å². The molecule has 1 atom stereocenters. The molecular formula is C22H21FN6O6. The number of aryl methyl sites for hydroxylation is 1. The van der Waals surface area contributed by atoms with Gasteiger partial charge in [-0.2, -0.15) is 0 Å². The molecule has 12 nitrogen and oxygen atoms in total. The first-order chi connectivity index (χ1) is 16.8. The molecule has 2 aromatic heterocycles. The van der Waals surface area contributed by atoms with Crippen molar-refractivity contribution >= 4 is 11.8 Å². The number of nitrogens with zero attached hydrogens (tertiary/aromatic N) is 5. The highest BCUT2D eigenvalue weighted by Crippen LogP contribution is 2.37. The first-order valence-corrected chi connectivity index (χ1v) is 10.9. The Kier molecular flexibility index (Phi) is 5.55. The molecule has 2 aliphatic heterocycles. The molecule has 5 rings (SSSR count). The number of carbonyl (C=O) groups is 2. The lowest BCUT2D eigenvalue weighted by atomic mass is 9.99. The van der Waals surface area contributed by atoms with Crippen molar-refractivity contribution in [2.75, 3.05) is 19.7 Å². The summed E-state index contributed by atoms with van der Waals surface area (Å²) in [4.78, 5) is 44.3. The highest BCUT2D eigenvalue weighted by molar-refractivity contribution is 5.94. The summed E-state index contributed by atoms with van der Waals surface area (Å²) in [6.07, 6.45) is 0.305. The van der Waals surface area contributed by atoms with Gasteiger partial charge in [-0.3, -0.25) is 19.0 Å². The number of rotatable bonds is 4. The maximum atomic E-state index is 13.1. The number of nitrogens with one attached hydrogen (secondary N) is 1. The summed E-state index contributed by atoms with van der Waals surface area (Å²) in [5.74, 6) is -2.22. The Labute approximate surface area is 197 Å². The standard InChI is InChI=1S/C22H21FN6O6/c1-12-26-27-18(35-12)20(33)28-7-6-22(11-28)21-25-15(16(30)19(32)29(21)8-9-34-22)17(31)24-10-13-2-4-14(23)5-3-13/h2-5,30H,6-11H2,1H3,(H,24,31). The maximum Gasteiger partial charge on any atom is 0.311 e. The number of benzene rings is 1. The third kappa shape index (κ3) is 4.03. The van der Waals surface area contributed by atoms with Crippen LogP contribution in [0.5, 0.6) is 5.75 Å². The Balaban J connectivity index is 1.43. The fourth-order valence-corrected chi connectivity index (χ4v) is 4.30. The second-order valence-corrected chi connectivity index (χ2v) is 8.34. The van der Waals surface area contributed by atoms with Crippen molar-refractivity contribution in [2.24, 2.45) is 0 Å². The summed E-state index contributed by atoms with van der Waals surface area (Å²) in [5, 5.41) is 20.4. The Morgan fingerprint density at radius 1 is 1.23 bits per heavy atom. The zero-order valence-corrected chi connectivity index (χ0v) is 18.7. The van der Waals surface area contributed by atoms with E-state index in [9.17, 15) is 23.9 Å². The van der Waals surface area contributed by atoms with Gasteiger partial charge in [0.05, 0.1) is 19.7 Å². The van der Waals surface area contributed by atoms with E-state index < -0.39 is 40.2 Å². The van der Waals surface area contributed by atoms with Crippen LogP contribution in [-0.2, 0) is 23.4 Å². The Bertz CT molecular complexity index is 1370. The molecule has 3 aromatic rings. The molecule has 4 heterocycles. The molecule has 2 aliphatic rings.